The lowest BCUT2D eigenvalue weighted by molar-refractivity contribution is -0.129. The number of aryl methyl sites for hydroxylation is 2. The first kappa shape index (κ1) is 25.0. The van der Waals surface area contributed by atoms with Crippen molar-refractivity contribution in [2.75, 3.05) is 5.32 Å². The number of benzene rings is 2. The van der Waals surface area contributed by atoms with E-state index in [1.807, 2.05) is 37.3 Å². The molecule has 4 nitrogen and oxygen atoms in total. The van der Waals surface area contributed by atoms with Crippen molar-refractivity contribution in [1.82, 2.24) is 9.47 Å². The normalized spacial score (nSPS) is 23.5. The van der Waals surface area contributed by atoms with Gasteiger partial charge in [-0.3, -0.25) is 4.79 Å². The van der Waals surface area contributed by atoms with Gasteiger partial charge in [-0.1, -0.05) is 67.4 Å². The van der Waals surface area contributed by atoms with Gasteiger partial charge >= 0.3 is 0 Å². The molecule has 2 aliphatic rings. The van der Waals surface area contributed by atoms with Gasteiger partial charge in [-0.05, 0) is 87.1 Å². The molecule has 2 aromatic carbocycles. The molecule has 1 saturated heterocycles. The van der Waals surface area contributed by atoms with Crippen LogP contribution in [0.4, 0.5) is 5.69 Å². The largest absolute Gasteiger partial charge is 0.356 e. The van der Waals surface area contributed by atoms with Gasteiger partial charge in [0, 0.05) is 33.8 Å². The van der Waals surface area contributed by atoms with Gasteiger partial charge in [-0.25, -0.2) is 0 Å². The van der Waals surface area contributed by atoms with Gasteiger partial charge in [0.2, 0.25) is 0 Å². The molecule has 0 bridgehead atoms. The first-order valence-corrected chi connectivity index (χ1v) is 14.1. The van der Waals surface area contributed by atoms with Gasteiger partial charge in [0.15, 0.2) is 5.50 Å². The summed E-state index contributed by atoms with van der Waals surface area (Å²) in [4.78, 5) is 16.8. The number of hydrogen-bond acceptors (Lipinski definition) is 3. The number of nitrogens with one attached hydrogen (secondary N) is 1. The van der Waals surface area contributed by atoms with Crippen LogP contribution >= 0.6 is 23.4 Å². The van der Waals surface area contributed by atoms with E-state index in [0.29, 0.717) is 5.92 Å². The van der Waals surface area contributed by atoms with Crippen molar-refractivity contribution in [2.45, 2.75) is 64.9 Å². The molecule has 1 aliphatic carbocycles. The quantitative estimate of drug-likeness (QED) is 0.347. The maximum absolute atomic E-state index is 13.9. The molecular weight excluding hydrogens is 486 g/mol. The van der Waals surface area contributed by atoms with Crippen LogP contribution in [0.5, 0.6) is 0 Å². The molecule has 5 rings (SSSR count). The number of amides is 1. The number of nitrogens with zero attached hydrogens (tertiary/aromatic N) is 2. The molecule has 2 heterocycles. The summed E-state index contributed by atoms with van der Waals surface area (Å²) in [6.07, 6.45) is 6.75. The molecule has 3 aromatic rings. The zero-order valence-electron chi connectivity index (χ0n) is 21.4. The Labute approximate surface area is 223 Å². The standard InChI is InChI=1S/C30H34ClN3OS/c1-19-14-15-25(18-26(19)31)33-21(3)16-23(22(33)4)17-28-29(35)34(27-13-9-8-10-20(27)2)30(36-28)32-24-11-6-5-7-12-24/h5-7,11-12,14-18,20,27,30,32H,8-10,13H2,1-4H3/b28-17-/t20-,27+,30?/m0/s1. The van der Waals surface area contributed by atoms with E-state index in [0.717, 1.165) is 50.2 Å². The van der Waals surface area contributed by atoms with Crippen LogP contribution in [-0.4, -0.2) is 26.9 Å². The zero-order chi connectivity index (χ0) is 25.4. The van der Waals surface area contributed by atoms with E-state index in [1.54, 1.807) is 11.8 Å². The first-order valence-electron chi connectivity index (χ1n) is 12.8. The molecule has 1 unspecified atom stereocenters. The van der Waals surface area contributed by atoms with E-state index in [1.165, 1.54) is 19.3 Å². The molecule has 188 valence electrons. The average molecular weight is 520 g/mol. The van der Waals surface area contributed by atoms with Crippen LogP contribution in [0.3, 0.4) is 0 Å². The Balaban J connectivity index is 1.49. The predicted molar refractivity (Wildman–Crippen MR) is 153 cm³/mol. The molecule has 1 amide bonds. The lowest BCUT2D eigenvalue weighted by atomic mass is 9.85. The van der Waals surface area contributed by atoms with Crippen LogP contribution in [0.1, 0.15) is 55.1 Å². The lowest BCUT2D eigenvalue weighted by Gasteiger charge is -2.39. The summed E-state index contributed by atoms with van der Waals surface area (Å²) in [6, 6.07) is 18.8. The van der Waals surface area contributed by atoms with Crippen LogP contribution in [0.25, 0.3) is 11.8 Å². The first-order chi connectivity index (χ1) is 17.3. The minimum absolute atomic E-state index is 0.115. The van der Waals surface area contributed by atoms with Gasteiger partial charge in [-0.15, -0.1) is 0 Å². The number of carbonyl (C=O) groups excluding carboxylic acids is 1. The van der Waals surface area contributed by atoms with Crippen LogP contribution in [0.2, 0.25) is 5.02 Å². The number of anilines is 1. The second-order valence-electron chi connectivity index (χ2n) is 10.1. The molecule has 0 spiro atoms. The summed E-state index contributed by atoms with van der Waals surface area (Å²) in [7, 11) is 0. The van der Waals surface area contributed by atoms with Gasteiger partial charge in [0.05, 0.1) is 4.91 Å². The highest BCUT2D eigenvalue weighted by molar-refractivity contribution is 8.05. The van der Waals surface area contributed by atoms with Crippen LogP contribution in [-0.2, 0) is 4.79 Å². The van der Waals surface area contributed by atoms with Gasteiger partial charge in [0.25, 0.3) is 5.91 Å². The Morgan fingerprint density at radius 2 is 1.78 bits per heavy atom. The van der Waals surface area contributed by atoms with Gasteiger partial charge in [-0.2, -0.15) is 0 Å². The highest BCUT2D eigenvalue weighted by Gasteiger charge is 2.43. The summed E-state index contributed by atoms with van der Waals surface area (Å²) in [5, 5.41) is 4.39. The van der Waals surface area contributed by atoms with Crippen molar-refractivity contribution in [3.8, 4) is 5.69 Å². The number of carbonyl (C=O) groups is 1. The molecule has 1 aromatic heterocycles. The minimum atomic E-state index is -0.115. The smallest absolute Gasteiger partial charge is 0.262 e. The highest BCUT2D eigenvalue weighted by Crippen LogP contribution is 2.42. The highest BCUT2D eigenvalue weighted by atomic mass is 35.5. The SMILES string of the molecule is Cc1ccc(-n2c(C)cc(/C=C3\SC(Nc4ccccc4)N([C@@H]4CCCC[C@@H]4C)C3=O)c2C)cc1Cl. The fraction of sp³-hybridized carbons (Fsp3) is 0.367. The summed E-state index contributed by atoms with van der Waals surface area (Å²) >= 11 is 8.06. The lowest BCUT2D eigenvalue weighted by Crippen LogP contribution is -2.48. The Hall–Kier alpha value is -2.63. The van der Waals surface area contributed by atoms with Gasteiger partial charge in [0.1, 0.15) is 0 Å². The van der Waals surface area contributed by atoms with Crippen molar-refractivity contribution >= 4 is 41.0 Å². The maximum Gasteiger partial charge on any atom is 0.262 e. The molecule has 1 N–H and O–H groups in total. The Kier molecular flexibility index (Phi) is 7.23. The molecular formula is C30H34ClN3OS. The molecule has 3 atom stereocenters. The molecule has 2 fully saturated rings. The Morgan fingerprint density at radius 1 is 1.03 bits per heavy atom. The number of thioether (sulfide) groups is 1. The number of hydrogen-bond donors (Lipinski definition) is 1. The molecule has 0 radical (unpaired) electrons. The Morgan fingerprint density at radius 3 is 2.50 bits per heavy atom. The van der Waals surface area contributed by atoms with Crippen LogP contribution in [0, 0.1) is 26.7 Å². The summed E-state index contributed by atoms with van der Waals surface area (Å²) < 4.78 is 2.21. The molecule has 36 heavy (non-hydrogen) atoms. The van der Waals surface area contributed by atoms with Gasteiger partial charge < -0.3 is 14.8 Å². The van der Waals surface area contributed by atoms with Crippen molar-refractivity contribution in [1.29, 1.82) is 0 Å². The monoisotopic (exact) mass is 519 g/mol. The topological polar surface area (TPSA) is 37.3 Å². The summed E-state index contributed by atoms with van der Waals surface area (Å²) in [6.45, 7) is 8.52. The predicted octanol–water partition coefficient (Wildman–Crippen LogP) is 7.95. The third-order valence-electron chi connectivity index (χ3n) is 7.59. The van der Waals surface area contributed by atoms with E-state index in [-0.39, 0.29) is 17.4 Å². The van der Waals surface area contributed by atoms with Crippen molar-refractivity contribution in [3.05, 3.63) is 87.0 Å². The third kappa shape index (κ3) is 4.83. The average Bonchev–Trinajstić information content (AvgIpc) is 3.31. The second kappa shape index (κ2) is 10.4. The Bertz CT molecular complexity index is 1300. The van der Waals surface area contributed by atoms with E-state index >= 15 is 0 Å². The summed E-state index contributed by atoms with van der Waals surface area (Å²) in [5.74, 6) is 0.634. The van der Waals surface area contributed by atoms with Crippen molar-refractivity contribution in [2.24, 2.45) is 5.92 Å². The number of halogens is 1. The van der Waals surface area contributed by atoms with E-state index in [4.69, 9.17) is 11.6 Å². The number of rotatable bonds is 5. The molecule has 1 aliphatic heterocycles. The fourth-order valence-electron chi connectivity index (χ4n) is 5.56. The maximum atomic E-state index is 13.9. The minimum Gasteiger partial charge on any atom is -0.356 e. The van der Waals surface area contributed by atoms with Crippen molar-refractivity contribution < 1.29 is 4.79 Å². The number of aromatic nitrogens is 1. The van der Waals surface area contributed by atoms with Crippen LogP contribution < -0.4 is 5.32 Å². The van der Waals surface area contributed by atoms with Crippen molar-refractivity contribution in [3.63, 3.8) is 0 Å². The fourth-order valence-corrected chi connectivity index (χ4v) is 6.94. The van der Waals surface area contributed by atoms with E-state index in [9.17, 15) is 4.79 Å². The van der Waals surface area contributed by atoms with E-state index < -0.39 is 0 Å². The number of para-hydroxylation sites is 1. The third-order valence-corrected chi connectivity index (χ3v) is 9.12. The molecule has 1 saturated carbocycles. The zero-order valence-corrected chi connectivity index (χ0v) is 23.0. The van der Waals surface area contributed by atoms with E-state index in [2.05, 4.69) is 65.9 Å². The van der Waals surface area contributed by atoms with Crippen LogP contribution in [0.15, 0.2) is 59.5 Å². The molecule has 6 heteroatoms. The second-order valence-corrected chi connectivity index (χ2v) is 11.7. The summed E-state index contributed by atoms with van der Waals surface area (Å²) in [5.41, 5.74) is 6.31.